The van der Waals surface area contributed by atoms with E-state index in [2.05, 4.69) is 36.6 Å². The smallest absolute Gasteiger partial charge is 0.263 e. The zero-order valence-electron chi connectivity index (χ0n) is 10.6. The highest BCUT2D eigenvalue weighted by Crippen LogP contribution is 2.30. The zero-order valence-corrected chi connectivity index (χ0v) is 15.4. The van der Waals surface area contributed by atoms with Gasteiger partial charge in [-0.1, -0.05) is 27.5 Å². The fraction of sp³-hybridized carbons (Fsp3) is 0.0769. The van der Waals surface area contributed by atoms with Gasteiger partial charge < -0.3 is 0 Å². The van der Waals surface area contributed by atoms with Gasteiger partial charge in [-0.2, -0.15) is 0 Å². The highest BCUT2D eigenvalue weighted by atomic mass is 79.9. The fourth-order valence-electron chi connectivity index (χ4n) is 1.60. The lowest BCUT2D eigenvalue weighted by Gasteiger charge is -2.11. The molecule has 0 bridgehead atoms. The van der Waals surface area contributed by atoms with Crippen molar-refractivity contribution in [2.75, 3.05) is 4.72 Å². The first-order valence-electron chi connectivity index (χ1n) is 5.64. The summed E-state index contributed by atoms with van der Waals surface area (Å²) in [4.78, 5) is 0.0698. The topological polar surface area (TPSA) is 46.2 Å². The Hall–Kier alpha value is -0.630. The Morgan fingerprint density at radius 1 is 1.14 bits per heavy atom. The van der Waals surface area contributed by atoms with E-state index in [9.17, 15) is 12.8 Å². The van der Waals surface area contributed by atoms with Crippen LogP contribution in [-0.4, -0.2) is 8.42 Å². The molecule has 0 aliphatic heterocycles. The number of halogens is 4. The predicted molar refractivity (Wildman–Crippen MR) is 88.8 cm³/mol. The minimum absolute atomic E-state index is 0.0698. The molecule has 3 nitrogen and oxygen atoms in total. The maximum absolute atomic E-state index is 13.1. The van der Waals surface area contributed by atoms with Crippen LogP contribution in [-0.2, 0) is 10.0 Å². The van der Waals surface area contributed by atoms with E-state index < -0.39 is 15.8 Å². The van der Waals surface area contributed by atoms with Gasteiger partial charge in [-0.3, -0.25) is 4.72 Å². The number of sulfonamides is 1. The normalized spacial score (nSPS) is 11.5. The van der Waals surface area contributed by atoms with Crippen molar-refractivity contribution in [2.45, 2.75) is 11.8 Å². The highest BCUT2D eigenvalue weighted by Gasteiger charge is 2.19. The predicted octanol–water partition coefficient (Wildman–Crippen LogP) is 5.11. The third kappa shape index (κ3) is 3.77. The van der Waals surface area contributed by atoms with Crippen molar-refractivity contribution in [3.63, 3.8) is 0 Å². The van der Waals surface area contributed by atoms with Crippen molar-refractivity contribution in [3.8, 4) is 0 Å². The van der Waals surface area contributed by atoms with Crippen LogP contribution in [0.25, 0.3) is 0 Å². The number of nitrogens with one attached hydrogen (secondary N) is 1. The molecule has 2 rings (SSSR count). The Labute approximate surface area is 143 Å². The maximum Gasteiger partial charge on any atom is 0.263 e. The number of hydrogen-bond donors (Lipinski definition) is 1. The third-order valence-corrected chi connectivity index (χ3v) is 6.16. The molecule has 21 heavy (non-hydrogen) atoms. The Morgan fingerprint density at radius 2 is 1.81 bits per heavy atom. The Bertz CT molecular complexity index is 812. The first-order chi connectivity index (χ1) is 9.70. The van der Waals surface area contributed by atoms with Gasteiger partial charge in [0, 0.05) is 8.95 Å². The molecule has 1 N–H and O–H groups in total. The minimum Gasteiger partial charge on any atom is -0.280 e. The van der Waals surface area contributed by atoms with Crippen molar-refractivity contribution in [1.29, 1.82) is 0 Å². The molecule has 0 atom stereocenters. The van der Waals surface area contributed by atoms with Crippen LogP contribution in [0.4, 0.5) is 10.1 Å². The van der Waals surface area contributed by atoms with Gasteiger partial charge in [-0.15, -0.1) is 0 Å². The van der Waals surface area contributed by atoms with Gasteiger partial charge in [0.15, 0.2) is 0 Å². The van der Waals surface area contributed by atoms with Crippen molar-refractivity contribution in [2.24, 2.45) is 0 Å². The van der Waals surface area contributed by atoms with E-state index >= 15 is 0 Å². The first kappa shape index (κ1) is 16.7. The summed E-state index contributed by atoms with van der Waals surface area (Å²) >= 11 is 12.2. The molecule has 0 fully saturated rings. The number of anilines is 1. The van der Waals surface area contributed by atoms with E-state index in [4.69, 9.17) is 11.6 Å². The lowest BCUT2D eigenvalue weighted by Crippen LogP contribution is -2.14. The SMILES string of the molecule is Cc1cc(Br)c(S(=O)(=O)Nc2ccc(F)c(Cl)c2)cc1Br. The largest absolute Gasteiger partial charge is 0.280 e. The van der Waals surface area contributed by atoms with Gasteiger partial charge >= 0.3 is 0 Å². The van der Waals surface area contributed by atoms with E-state index in [1.165, 1.54) is 18.2 Å². The number of rotatable bonds is 3. The molecule has 0 radical (unpaired) electrons. The van der Waals surface area contributed by atoms with Crippen LogP contribution in [0.2, 0.25) is 5.02 Å². The Morgan fingerprint density at radius 3 is 2.43 bits per heavy atom. The molecule has 0 saturated carbocycles. The lowest BCUT2D eigenvalue weighted by molar-refractivity contribution is 0.600. The summed E-state index contributed by atoms with van der Waals surface area (Å²) in [5.41, 5.74) is 1.08. The van der Waals surface area contributed by atoms with Gasteiger partial charge in [0.1, 0.15) is 10.7 Å². The van der Waals surface area contributed by atoms with E-state index in [0.29, 0.717) is 8.95 Å². The molecule has 0 aromatic heterocycles. The van der Waals surface area contributed by atoms with Crippen molar-refractivity contribution in [3.05, 3.63) is 55.7 Å². The molecule has 0 amide bonds. The van der Waals surface area contributed by atoms with Crippen molar-refractivity contribution >= 4 is 59.2 Å². The van der Waals surface area contributed by atoms with E-state index in [1.54, 1.807) is 6.07 Å². The second-order valence-electron chi connectivity index (χ2n) is 4.27. The Kier molecular flexibility index (Phi) is 4.97. The molecule has 0 unspecified atom stereocenters. The summed E-state index contributed by atoms with van der Waals surface area (Å²) < 4.78 is 41.3. The monoisotopic (exact) mass is 455 g/mol. The molecule has 0 aliphatic carbocycles. The Balaban J connectivity index is 2.43. The van der Waals surface area contributed by atoms with Gasteiger partial charge in [-0.05, 0) is 58.7 Å². The molecule has 8 heteroatoms. The van der Waals surface area contributed by atoms with Crippen LogP contribution in [0.1, 0.15) is 5.56 Å². The molecule has 2 aromatic rings. The van der Waals surface area contributed by atoms with E-state index in [0.717, 1.165) is 11.6 Å². The molecule has 0 aliphatic rings. The molecular weight excluding hydrogens is 448 g/mol. The molecule has 0 spiro atoms. The lowest BCUT2D eigenvalue weighted by atomic mass is 10.2. The number of hydrogen-bond acceptors (Lipinski definition) is 2. The summed E-state index contributed by atoms with van der Waals surface area (Å²) in [6.07, 6.45) is 0. The van der Waals surface area contributed by atoms with Gasteiger partial charge in [0.05, 0.1) is 10.7 Å². The summed E-state index contributed by atoms with van der Waals surface area (Å²) in [5.74, 6) is -0.612. The molecular formula is C13H9Br2ClFNO2S. The molecule has 2 aromatic carbocycles. The van der Waals surface area contributed by atoms with Crippen LogP contribution >= 0.6 is 43.5 Å². The summed E-state index contributed by atoms with van der Waals surface area (Å²) in [7, 11) is -3.82. The average Bonchev–Trinajstić information content (AvgIpc) is 2.37. The summed E-state index contributed by atoms with van der Waals surface area (Å²) in [6.45, 7) is 1.85. The second-order valence-corrected chi connectivity index (χ2v) is 8.03. The van der Waals surface area contributed by atoms with Gasteiger partial charge in [0.2, 0.25) is 0 Å². The molecule has 0 saturated heterocycles. The molecule has 0 heterocycles. The van der Waals surface area contributed by atoms with Gasteiger partial charge in [-0.25, -0.2) is 12.8 Å². The fourth-order valence-corrected chi connectivity index (χ4v) is 4.51. The zero-order chi connectivity index (χ0) is 15.8. The van der Waals surface area contributed by atoms with Crippen molar-refractivity contribution < 1.29 is 12.8 Å². The van der Waals surface area contributed by atoms with E-state index in [-0.39, 0.29) is 15.6 Å². The number of aryl methyl sites for hydroxylation is 1. The van der Waals surface area contributed by atoms with Crippen LogP contribution in [0.15, 0.2) is 44.2 Å². The quantitative estimate of drug-likeness (QED) is 0.696. The third-order valence-electron chi connectivity index (χ3n) is 2.67. The highest BCUT2D eigenvalue weighted by molar-refractivity contribution is 9.11. The second kappa shape index (κ2) is 6.24. The minimum atomic E-state index is -3.82. The molecule has 112 valence electrons. The van der Waals surface area contributed by atoms with Crippen LogP contribution in [0, 0.1) is 12.7 Å². The van der Waals surface area contributed by atoms with Gasteiger partial charge in [0.25, 0.3) is 10.0 Å². The van der Waals surface area contributed by atoms with Crippen LogP contribution < -0.4 is 4.72 Å². The summed E-state index contributed by atoms with van der Waals surface area (Å²) in [6, 6.07) is 6.80. The van der Waals surface area contributed by atoms with Crippen LogP contribution in [0.3, 0.4) is 0 Å². The first-order valence-corrected chi connectivity index (χ1v) is 9.09. The number of benzene rings is 2. The standard InChI is InChI=1S/C13H9Br2ClFNO2S/c1-7-4-10(15)13(6-9(7)14)21(19,20)18-8-2-3-12(17)11(16)5-8/h2-6,18H,1H3. The summed E-state index contributed by atoms with van der Waals surface area (Å²) in [5, 5.41) is -0.153. The van der Waals surface area contributed by atoms with Crippen LogP contribution in [0.5, 0.6) is 0 Å². The van der Waals surface area contributed by atoms with E-state index in [1.807, 2.05) is 6.92 Å². The van der Waals surface area contributed by atoms with Crippen molar-refractivity contribution in [1.82, 2.24) is 0 Å². The maximum atomic E-state index is 13.1. The average molecular weight is 458 g/mol.